The highest BCUT2D eigenvalue weighted by Crippen LogP contribution is 2.15. The Morgan fingerprint density at radius 2 is 1.93 bits per heavy atom. The van der Waals surface area contributed by atoms with Crippen molar-refractivity contribution in [3.05, 3.63) is 17.6 Å². The van der Waals surface area contributed by atoms with Gasteiger partial charge in [-0.1, -0.05) is 26.7 Å². The first-order valence-corrected chi connectivity index (χ1v) is 5.20. The Hall–Kier alpha value is -1.12. The molecule has 3 nitrogen and oxygen atoms in total. The van der Waals surface area contributed by atoms with Crippen molar-refractivity contribution in [2.75, 3.05) is 7.11 Å². The van der Waals surface area contributed by atoms with Crippen molar-refractivity contribution in [3.8, 4) is 5.88 Å². The van der Waals surface area contributed by atoms with Crippen molar-refractivity contribution >= 4 is 0 Å². The van der Waals surface area contributed by atoms with Gasteiger partial charge in [0.1, 0.15) is 5.69 Å². The van der Waals surface area contributed by atoms with Gasteiger partial charge in [-0.2, -0.15) is 0 Å². The number of ether oxygens (including phenoxy) is 1. The highest BCUT2D eigenvalue weighted by atomic mass is 16.5. The van der Waals surface area contributed by atoms with Crippen LogP contribution >= 0.6 is 0 Å². The summed E-state index contributed by atoms with van der Waals surface area (Å²) in [7, 11) is 1.65. The standard InChI is InChI=1S/C11H18N2O/c1-4-6-9-8-12-10(7-5-2)11(13-9)14-3/h8H,4-7H2,1-3H3. The third-order valence-electron chi connectivity index (χ3n) is 2.05. The number of aromatic nitrogens is 2. The van der Waals surface area contributed by atoms with E-state index < -0.39 is 0 Å². The zero-order valence-electron chi connectivity index (χ0n) is 9.21. The van der Waals surface area contributed by atoms with Gasteiger partial charge in [0.25, 0.3) is 0 Å². The Kier molecular flexibility index (Phi) is 4.36. The van der Waals surface area contributed by atoms with Gasteiger partial charge in [-0.3, -0.25) is 4.98 Å². The van der Waals surface area contributed by atoms with Crippen LogP contribution in [-0.2, 0) is 12.8 Å². The van der Waals surface area contributed by atoms with E-state index in [0.717, 1.165) is 37.1 Å². The van der Waals surface area contributed by atoms with Crippen molar-refractivity contribution in [1.82, 2.24) is 9.97 Å². The van der Waals surface area contributed by atoms with Gasteiger partial charge in [0.15, 0.2) is 0 Å². The third kappa shape index (κ3) is 2.69. The van der Waals surface area contributed by atoms with Crippen molar-refractivity contribution in [1.29, 1.82) is 0 Å². The van der Waals surface area contributed by atoms with Crippen molar-refractivity contribution in [2.24, 2.45) is 0 Å². The van der Waals surface area contributed by atoms with Crippen LogP contribution in [-0.4, -0.2) is 17.1 Å². The predicted molar refractivity (Wildman–Crippen MR) is 56.6 cm³/mol. The fraction of sp³-hybridized carbons (Fsp3) is 0.636. The molecule has 3 heteroatoms. The van der Waals surface area contributed by atoms with Crippen LogP contribution in [0, 0.1) is 0 Å². The van der Waals surface area contributed by atoms with Crippen molar-refractivity contribution in [2.45, 2.75) is 39.5 Å². The van der Waals surface area contributed by atoms with Crippen LogP contribution in [0.15, 0.2) is 6.20 Å². The number of rotatable bonds is 5. The van der Waals surface area contributed by atoms with Gasteiger partial charge in [0.05, 0.1) is 12.8 Å². The summed E-state index contributed by atoms with van der Waals surface area (Å²) in [6.45, 7) is 4.26. The maximum absolute atomic E-state index is 5.21. The molecule has 0 aliphatic carbocycles. The van der Waals surface area contributed by atoms with Gasteiger partial charge < -0.3 is 4.74 Å². The van der Waals surface area contributed by atoms with E-state index in [1.165, 1.54) is 0 Å². The minimum absolute atomic E-state index is 0.692. The summed E-state index contributed by atoms with van der Waals surface area (Å²) in [5.74, 6) is 0.692. The van der Waals surface area contributed by atoms with Crippen LogP contribution in [0.1, 0.15) is 38.1 Å². The van der Waals surface area contributed by atoms with E-state index in [2.05, 4.69) is 23.8 Å². The van der Waals surface area contributed by atoms with Crippen LogP contribution in [0.5, 0.6) is 5.88 Å². The molecule has 0 N–H and O–H groups in total. The summed E-state index contributed by atoms with van der Waals surface area (Å²) in [4.78, 5) is 8.79. The lowest BCUT2D eigenvalue weighted by atomic mass is 10.2. The van der Waals surface area contributed by atoms with E-state index in [0.29, 0.717) is 5.88 Å². The molecule has 0 aromatic carbocycles. The summed E-state index contributed by atoms with van der Waals surface area (Å²) < 4.78 is 5.21. The van der Waals surface area contributed by atoms with Gasteiger partial charge in [-0.15, -0.1) is 0 Å². The summed E-state index contributed by atoms with van der Waals surface area (Å²) in [6, 6.07) is 0. The molecule has 0 aliphatic rings. The molecular formula is C11H18N2O. The molecule has 0 saturated heterocycles. The van der Waals surface area contributed by atoms with E-state index in [1.54, 1.807) is 7.11 Å². The molecule has 0 bridgehead atoms. The Labute approximate surface area is 85.5 Å². The molecule has 0 radical (unpaired) electrons. The zero-order chi connectivity index (χ0) is 10.4. The number of hydrogen-bond acceptors (Lipinski definition) is 3. The molecule has 14 heavy (non-hydrogen) atoms. The van der Waals surface area contributed by atoms with Gasteiger partial charge in [0, 0.05) is 6.20 Å². The SMILES string of the molecule is CCCc1cnc(CCC)c(OC)n1. The summed E-state index contributed by atoms with van der Waals surface area (Å²) >= 11 is 0. The van der Waals surface area contributed by atoms with Gasteiger partial charge in [-0.25, -0.2) is 4.98 Å². The Bertz CT molecular complexity index is 287. The molecule has 0 saturated carbocycles. The van der Waals surface area contributed by atoms with Crippen LogP contribution in [0.3, 0.4) is 0 Å². The monoisotopic (exact) mass is 194 g/mol. The van der Waals surface area contributed by atoms with Crippen LogP contribution in [0.25, 0.3) is 0 Å². The highest BCUT2D eigenvalue weighted by molar-refractivity contribution is 5.20. The van der Waals surface area contributed by atoms with Crippen LogP contribution in [0.4, 0.5) is 0 Å². The number of nitrogens with zero attached hydrogens (tertiary/aromatic N) is 2. The molecule has 1 heterocycles. The minimum atomic E-state index is 0.692. The fourth-order valence-electron chi connectivity index (χ4n) is 1.38. The second kappa shape index (κ2) is 5.58. The van der Waals surface area contributed by atoms with Gasteiger partial charge >= 0.3 is 0 Å². The summed E-state index contributed by atoms with van der Waals surface area (Å²) in [6.07, 6.45) is 5.92. The van der Waals surface area contributed by atoms with E-state index in [9.17, 15) is 0 Å². The predicted octanol–water partition coefficient (Wildman–Crippen LogP) is 2.39. The Morgan fingerprint density at radius 3 is 2.50 bits per heavy atom. The Morgan fingerprint density at radius 1 is 1.21 bits per heavy atom. The molecule has 0 aliphatic heterocycles. The number of aryl methyl sites for hydroxylation is 2. The first kappa shape index (κ1) is 11.0. The maximum Gasteiger partial charge on any atom is 0.235 e. The maximum atomic E-state index is 5.21. The summed E-state index contributed by atoms with van der Waals surface area (Å²) in [5, 5.41) is 0. The quantitative estimate of drug-likeness (QED) is 0.722. The lowest BCUT2D eigenvalue weighted by Gasteiger charge is -2.06. The first-order chi connectivity index (χ1) is 6.81. The molecule has 0 atom stereocenters. The Balaban J connectivity index is 2.87. The van der Waals surface area contributed by atoms with E-state index in [4.69, 9.17) is 4.74 Å². The fourth-order valence-corrected chi connectivity index (χ4v) is 1.38. The molecule has 1 rings (SSSR count). The van der Waals surface area contributed by atoms with E-state index in [-0.39, 0.29) is 0 Å². The lowest BCUT2D eigenvalue weighted by molar-refractivity contribution is 0.387. The molecule has 0 spiro atoms. The zero-order valence-corrected chi connectivity index (χ0v) is 9.21. The second-order valence-electron chi connectivity index (χ2n) is 3.32. The normalized spacial score (nSPS) is 10.2. The van der Waals surface area contributed by atoms with Gasteiger partial charge in [-0.05, 0) is 12.8 Å². The molecule has 1 aromatic heterocycles. The highest BCUT2D eigenvalue weighted by Gasteiger charge is 2.06. The first-order valence-electron chi connectivity index (χ1n) is 5.20. The molecule has 0 unspecified atom stereocenters. The topological polar surface area (TPSA) is 35.0 Å². The van der Waals surface area contributed by atoms with E-state index in [1.807, 2.05) is 6.20 Å². The second-order valence-corrected chi connectivity index (χ2v) is 3.32. The third-order valence-corrected chi connectivity index (χ3v) is 2.05. The van der Waals surface area contributed by atoms with Crippen LogP contribution < -0.4 is 4.74 Å². The smallest absolute Gasteiger partial charge is 0.235 e. The lowest BCUT2D eigenvalue weighted by Crippen LogP contribution is -2.01. The summed E-state index contributed by atoms with van der Waals surface area (Å²) in [5.41, 5.74) is 1.99. The largest absolute Gasteiger partial charge is 0.480 e. The number of methoxy groups -OCH3 is 1. The average molecular weight is 194 g/mol. The average Bonchev–Trinajstić information content (AvgIpc) is 2.21. The molecular weight excluding hydrogens is 176 g/mol. The molecule has 0 fully saturated rings. The van der Waals surface area contributed by atoms with Crippen LogP contribution in [0.2, 0.25) is 0 Å². The van der Waals surface area contributed by atoms with Crippen molar-refractivity contribution < 1.29 is 4.74 Å². The number of hydrogen-bond donors (Lipinski definition) is 0. The minimum Gasteiger partial charge on any atom is -0.480 e. The van der Waals surface area contributed by atoms with Crippen molar-refractivity contribution in [3.63, 3.8) is 0 Å². The molecule has 0 amide bonds. The molecule has 78 valence electrons. The molecule has 1 aromatic rings. The van der Waals surface area contributed by atoms with Gasteiger partial charge in [0.2, 0.25) is 5.88 Å². The van der Waals surface area contributed by atoms with E-state index >= 15 is 0 Å².